The summed E-state index contributed by atoms with van der Waals surface area (Å²) in [5, 5.41) is 4.72. The van der Waals surface area contributed by atoms with Gasteiger partial charge in [-0.15, -0.1) is 11.3 Å². The molecule has 0 saturated heterocycles. The lowest BCUT2D eigenvalue weighted by Crippen LogP contribution is -2.37. The number of thiazole rings is 1. The number of anilines is 1. The number of rotatable bonds is 6. The summed E-state index contributed by atoms with van der Waals surface area (Å²) < 4.78 is 0. The maximum absolute atomic E-state index is 4.89. The van der Waals surface area contributed by atoms with Crippen molar-refractivity contribution in [3.05, 3.63) is 10.6 Å². The van der Waals surface area contributed by atoms with Crippen molar-refractivity contribution in [2.75, 3.05) is 11.9 Å². The standard InChI is InChI=1S/C15H27N3S/c1-10(2)14-13(9-16-11(3)4)19-15(17-14)18(5)12-7-6-8-12/h10-12,16H,6-9H2,1-5H3. The maximum Gasteiger partial charge on any atom is 0.185 e. The van der Waals surface area contributed by atoms with Gasteiger partial charge >= 0.3 is 0 Å². The third kappa shape index (κ3) is 3.48. The van der Waals surface area contributed by atoms with E-state index in [1.807, 2.05) is 11.3 Å². The normalized spacial score (nSPS) is 16.2. The van der Waals surface area contributed by atoms with Gasteiger partial charge in [0, 0.05) is 30.6 Å². The Morgan fingerprint density at radius 2 is 2.00 bits per heavy atom. The minimum atomic E-state index is 0.503. The molecule has 2 rings (SSSR count). The first-order valence-corrected chi connectivity index (χ1v) is 8.26. The van der Waals surface area contributed by atoms with Gasteiger partial charge in [-0.3, -0.25) is 0 Å². The van der Waals surface area contributed by atoms with Gasteiger partial charge in [0.25, 0.3) is 0 Å². The molecule has 0 aromatic carbocycles. The SMILES string of the molecule is CC(C)NCc1sc(N(C)C2CCC2)nc1C(C)C. The summed E-state index contributed by atoms with van der Waals surface area (Å²) in [6.07, 6.45) is 4.03. The van der Waals surface area contributed by atoms with Gasteiger partial charge in [-0.25, -0.2) is 4.98 Å². The molecule has 0 unspecified atom stereocenters. The van der Waals surface area contributed by atoms with E-state index in [0.717, 1.165) is 12.6 Å². The third-order valence-electron chi connectivity index (χ3n) is 3.86. The average molecular weight is 281 g/mol. The second-order valence-electron chi connectivity index (χ2n) is 6.19. The van der Waals surface area contributed by atoms with Gasteiger partial charge in [0.1, 0.15) is 0 Å². The molecule has 19 heavy (non-hydrogen) atoms. The summed E-state index contributed by atoms with van der Waals surface area (Å²) in [5.41, 5.74) is 1.28. The Kier molecular flexibility index (Phi) is 4.85. The lowest BCUT2D eigenvalue weighted by Gasteiger charge is -2.34. The zero-order valence-electron chi connectivity index (χ0n) is 12.9. The Hall–Kier alpha value is -0.610. The highest BCUT2D eigenvalue weighted by Gasteiger charge is 2.25. The van der Waals surface area contributed by atoms with E-state index in [-0.39, 0.29) is 0 Å². The number of hydrogen-bond donors (Lipinski definition) is 1. The highest BCUT2D eigenvalue weighted by molar-refractivity contribution is 7.15. The molecule has 3 nitrogen and oxygen atoms in total. The van der Waals surface area contributed by atoms with Crippen LogP contribution >= 0.6 is 11.3 Å². The molecule has 1 heterocycles. The molecule has 1 aliphatic rings. The van der Waals surface area contributed by atoms with E-state index in [0.29, 0.717) is 12.0 Å². The average Bonchev–Trinajstić information content (AvgIpc) is 2.67. The zero-order valence-corrected chi connectivity index (χ0v) is 13.7. The number of nitrogens with zero attached hydrogens (tertiary/aromatic N) is 2. The summed E-state index contributed by atoms with van der Waals surface area (Å²) in [5.74, 6) is 0.503. The molecule has 108 valence electrons. The van der Waals surface area contributed by atoms with Crippen molar-refractivity contribution < 1.29 is 0 Å². The van der Waals surface area contributed by atoms with E-state index in [1.165, 1.54) is 35.0 Å². The van der Waals surface area contributed by atoms with Gasteiger partial charge < -0.3 is 10.2 Å². The van der Waals surface area contributed by atoms with Crippen LogP contribution in [0.2, 0.25) is 0 Å². The first-order chi connectivity index (χ1) is 8.99. The van der Waals surface area contributed by atoms with Gasteiger partial charge in [0.15, 0.2) is 5.13 Å². The van der Waals surface area contributed by atoms with E-state index < -0.39 is 0 Å². The number of hydrogen-bond acceptors (Lipinski definition) is 4. The first-order valence-electron chi connectivity index (χ1n) is 7.44. The lowest BCUT2D eigenvalue weighted by atomic mass is 9.92. The van der Waals surface area contributed by atoms with E-state index in [1.54, 1.807) is 0 Å². The molecule has 0 bridgehead atoms. The molecule has 0 aliphatic heterocycles. The van der Waals surface area contributed by atoms with Gasteiger partial charge in [0.05, 0.1) is 5.69 Å². The molecule has 0 atom stereocenters. The Morgan fingerprint density at radius 1 is 1.32 bits per heavy atom. The Morgan fingerprint density at radius 3 is 2.47 bits per heavy atom. The van der Waals surface area contributed by atoms with Gasteiger partial charge in [0.2, 0.25) is 0 Å². The van der Waals surface area contributed by atoms with Crippen molar-refractivity contribution in [2.24, 2.45) is 0 Å². The van der Waals surface area contributed by atoms with Crippen molar-refractivity contribution in [1.29, 1.82) is 0 Å². The molecular formula is C15H27N3S. The van der Waals surface area contributed by atoms with Crippen molar-refractivity contribution in [1.82, 2.24) is 10.3 Å². The first kappa shape index (κ1) is 14.8. The van der Waals surface area contributed by atoms with Crippen molar-refractivity contribution in [2.45, 2.75) is 71.5 Å². The van der Waals surface area contributed by atoms with E-state index in [9.17, 15) is 0 Å². The molecule has 1 N–H and O–H groups in total. The summed E-state index contributed by atoms with van der Waals surface area (Å²) in [6.45, 7) is 9.80. The summed E-state index contributed by atoms with van der Waals surface area (Å²) in [6, 6.07) is 1.24. The van der Waals surface area contributed by atoms with Crippen LogP contribution in [0.1, 0.15) is 63.4 Å². The van der Waals surface area contributed by atoms with Crippen LogP contribution in [0, 0.1) is 0 Å². The van der Waals surface area contributed by atoms with E-state index in [2.05, 4.69) is 45.0 Å². The van der Waals surface area contributed by atoms with Gasteiger partial charge in [-0.1, -0.05) is 27.7 Å². The zero-order chi connectivity index (χ0) is 14.0. The van der Waals surface area contributed by atoms with Crippen LogP contribution in [0.5, 0.6) is 0 Å². The van der Waals surface area contributed by atoms with Crippen LogP contribution in [0.25, 0.3) is 0 Å². The third-order valence-corrected chi connectivity index (χ3v) is 5.02. The molecular weight excluding hydrogens is 254 g/mol. The fourth-order valence-electron chi connectivity index (χ4n) is 2.31. The summed E-state index contributed by atoms with van der Waals surface area (Å²) in [4.78, 5) is 8.69. The molecule has 1 fully saturated rings. The molecule has 0 radical (unpaired) electrons. The fraction of sp³-hybridized carbons (Fsp3) is 0.800. The fourth-order valence-corrected chi connectivity index (χ4v) is 3.51. The number of nitrogens with one attached hydrogen (secondary N) is 1. The second-order valence-corrected chi connectivity index (χ2v) is 7.25. The summed E-state index contributed by atoms with van der Waals surface area (Å²) in [7, 11) is 2.20. The minimum Gasteiger partial charge on any atom is -0.348 e. The quantitative estimate of drug-likeness (QED) is 0.860. The molecule has 1 saturated carbocycles. The highest BCUT2D eigenvalue weighted by Crippen LogP contribution is 2.34. The van der Waals surface area contributed by atoms with Crippen molar-refractivity contribution >= 4 is 16.5 Å². The Balaban J connectivity index is 2.13. The van der Waals surface area contributed by atoms with Gasteiger partial charge in [-0.05, 0) is 25.2 Å². The van der Waals surface area contributed by atoms with Crippen LogP contribution < -0.4 is 10.2 Å². The van der Waals surface area contributed by atoms with E-state index in [4.69, 9.17) is 4.98 Å². The largest absolute Gasteiger partial charge is 0.348 e. The number of aromatic nitrogens is 1. The molecule has 0 spiro atoms. The lowest BCUT2D eigenvalue weighted by molar-refractivity contribution is 0.400. The van der Waals surface area contributed by atoms with Crippen LogP contribution in [-0.4, -0.2) is 24.1 Å². The molecule has 1 aliphatic carbocycles. The smallest absolute Gasteiger partial charge is 0.185 e. The second kappa shape index (κ2) is 6.23. The van der Waals surface area contributed by atoms with E-state index >= 15 is 0 Å². The highest BCUT2D eigenvalue weighted by atomic mass is 32.1. The van der Waals surface area contributed by atoms with Crippen LogP contribution in [0.3, 0.4) is 0 Å². The summed E-state index contributed by atoms with van der Waals surface area (Å²) >= 11 is 1.87. The molecule has 1 aromatic heterocycles. The molecule has 1 aromatic rings. The molecule has 0 amide bonds. The van der Waals surface area contributed by atoms with Gasteiger partial charge in [-0.2, -0.15) is 0 Å². The topological polar surface area (TPSA) is 28.2 Å². The van der Waals surface area contributed by atoms with Crippen LogP contribution in [0.15, 0.2) is 0 Å². The predicted molar refractivity (Wildman–Crippen MR) is 84.2 cm³/mol. The van der Waals surface area contributed by atoms with Crippen LogP contribution in [0.4, 0.5) is 5.13 Å². The minimum absolute atomic E-state index is 0.503. The Labute approximate surface area is 121 Å². The van der Waals surface area contributed by atoms with Crippen molar-refractivity contribution in [3.8, 4) is 0 Å². The Bertz CT molecular complexity index is 408. The predicted octanol–water partition coefficient (Wildman–Crippen LogP) is 3.75. The van der Waals surface area contributed by atoms with Crippen molar-refractivity contribution in [3.63, 3.8) is 0 Å². The monoisotopic (exact) mass is 281 g/mol. The maximum atomic E-state index is 4.89. The molecule has 4 heteroatoms. The van der Waals surface area contributed by atoms with Crippen LogP contribution in [-0.2, 0) is 6.54 Å².